The van der Waals surface area contributed by atoms with Gasteiger partial charge in [0.1, 0.15) is 5.75 Å². The van der Waals surface area contributed by atoms with Gasteiger partial charge in [0.2, 0.25) is 0 Å². The van der Waals surface area contributed by atoms with Crippen molar-refractivity contribution in [1.82, 2.24) is 0 Å². The first kappa shape index (κ1) is 12.1. The molecule has 0 radical (unpaired) electrons. The smallest absolute Gasteiger partial charge is 0.176 e. The molecule has 1 saturated heterocycles. The van der Waals surface area contributed by atoms with Crippen LogP contribution in [0, 0.1) is 5.41 Å². The molecule has 1 aliphatic heterocycles. The topological polar surface area (TPSA) is 61.5 Å². The molecule has 2 N–H and O–H groups in total. The molecule has 0 spiro atoms. The molecule has 0 saturated carbocycles. The number of nitrogens with two attached hydrogens (primary N) is 1. The van der Waals surface area contributed by atoms with Crippen molar-refractivity contribution < 1.29 is 14.3 Å². The second-order valence-corrected chi connectivity index (χ2v) is 4.74. The van der Waals surface area contributed by atoms with Gasteiger partial charge < -0.3 is 15.2 Å². The Morgan fingerprint density at radius 1 is 1.41 bits per heavy atom. The standard InChI is InChI=1S/C13H17NO3/c1-13(7-16-8-13)9-17-11-4-2-10(3-5-11)12(15)6-14/h2-5H,6-9,14H2,1H3. The Labute approximate surface area is 101 Å². The van der Waals surface area contributed by atoms with Crippen molar-refractivity contribution in [3.8, 4) is 5.75 Å². The predicted octanol–water partition coefficient (Wildman–Crippen LogP) is 1.24. The summed E-state index contributed by atoms with van der Waals surface area (Å²) in [6.07, 6.45) is 0. The predicted molar refractivity (Wildman–Crippen MR) is 64.2 cm³/mol. The van der Waals surface area contributed by atoms with Gasteiger partial charge in [-0.15, -0.1) is 0 Å². The third-order valence-corrected chi connectivity index (χ3v) is 2.85. The molecule has 1 aromatic rings. The molecule has 0 atom stereocenters. The van der Waals surface area contributed by atoms with Gasteiger partial charge in [-0.1, -0.05) is 6.92 Å². The molecule has 4 heteroatoms. The lowest BCUT2D eigenvalue weighted by Gasteiger charge is -2.37. The normalized spacial score (nSPS) is 17.3. The maximum atomic E-state index is 11.3. The zero-order valence-electron chi connectivity index (χ0n) is 9.94. The number of hydrogen-bond donors (Lipinski definition) is 1. The lowest BCUT2D eigenvalue weighted by Crippen LogP contribution is -2.44. The van der Waals surface area contributed by atoms with Crippen LogP contribution in [0.5, 0.6) is 5.75 Å². The monoisotopic (exact) mass is 235 g/mol. The summed E-state index contributed by atoms with van der Waals surface area (Å²) in [5, 5.41) is 0. The van der Waals surface area contributed by atoms with Gasteiger partial charge in [0.15, 0.2) is 5.78 Å². The molecule has 0 aromatic heterocycles. The molecule has 2 rings (SSSR count). The molecule has 1 heterocycles. The quantitative estimate of drug-likeness (QED) is 0.780. The Morgan fingerprint density at radius 3 is 2.53 bits per heavy atom. The van der Waals surface area contributed by atoms with Crippen molar-refractivity contribution in [3.05, 3.63) is 29.8 Å². The Bertz CT molecular complexity index is 396. The van der Waals surface area contributed by atoms with Crippen LogP contribution in [0.2, 0.25) is 0 Å². The molecule has 1 fully saturated rings. The van der Waals surface area contributed by atoms with Crippen LogP contribution in [0.1, 0.15) is 17.3 Å². The van der Waals surface area contributed by atoms with Crippen molar-refractivity contribution >= 4 is 5.78 Å². The van der Waals surface area contributed by atoms with E-state index in [1.807, 2.05) is 0 Å². The number of carbonyl (C=O) groups excluding carboxylic acids is 1. The lowest BCUT2D eigenvalue weighted by atomic mass is 9.90. The average molecular weight is 235 g/mol. The SMILES string of the molecule is CC1(COc2ccc(C(=O)CN)cc2)COC1. The van der Waals surface area contributed by atoms with Gasteiger partial charge in [-0.25, -0.2) is 0 Å². The fourth-order valence-electron chi connectivity index (χ4n) is 1.65. The molecule has 4 nitrogen and oxygen atoms in total. The highest BCUT2D eigenvalue weighted by Gasteiger charge is 2.34. The van der Waals surface area contributed by atoms with E-state index >= 15 is 0 Å². The fourth-order valence-corrected chi connectivity index (χ4v) is 1.65. The van der Waals surface area contributed by atoms with Crippen molar-refractivity contribution in [1.29, 1.82) is 0 Å². The first-order valence-corrected chi connectivity index (χ1v) is 5.67. The average Bonchev–Trinajstić information content (AvgIpc) is 2.33. The van der Waals surface area contributed by atoms with Crippen LogP contribution in [0.15, 0.2) is 24.3 Å². The van der Waals surface area contributed by atoms with Gasteiger partial charge >= 0.3 is 0 Å². The minimum atomic E-state index is -0.0593. The van der Waals surface area contributed by atoms with E-state index in [-0.39, 0.29) is 17.7 Å². The molecule has 0 unspecified atom stereocenters. The molecule has 1 aromatic carbocycles. The van der Waals surface area contributed by atoms with Crippen LogP contribution in [-0.4, -0.2) is 32.1 Å². The van der Waals surface area contributed by atoms with Crippen LogP contribution in [-0.2, 0) is 4.74 Å². The van der Waals surface area contributed by atoms with Crippen molar-refractivity contribution in [3.63, 3.8) is 0 Å². The summed E-state index contributed by atoms with van der Waals surface area (Å²) < 4.78 is 10.8. The molecule has 92 valence electrons. The first-order valence-electron chi connectivity index (χ1n) is 5.67. The van der Waals surface area contributed by atoms with E-state index in [4.69, 9.17) is 15.2 Å². The minimum Gasteiger partial charge on any atom is -0.493 e. The summed E-state index contributed by atoms with van der Waals surface area (Å²) in [6.45, 7) is 4.29. The number of hydrogen-bond acceptors (Lipinski definition) is 4. The van der Waals surface area contributed by atoms with Crippen LogP contribution in [0.4, 0.5) is 0 Å². The summed E-state index contributed by atoms with van der Waals surface area (Å²) in [7, 11) is 0. The molecule has 0 amide bonds. The van der Waals surface area contributed by atoms with E-state index in [0.717, 1.165) is 19.0 Å². The zero-order valence-corrected chi connectivity index (χ0v) is 9.94. The maximum Gasteiger partial charge on any atom is 0.176 e. The largest absolute Gasteiger partial charge is 0.493 e. The maximum absolute atomic E-state index is 11.3. The fraction of sp³-hybridized carbons (Fsp3) is 0.462. The van der Waals surface area contributed by atoms with Gasteiger partial charge in [0, 0.05) is 11.0 Å². The van der Waals surface area contributed by atoms with E-state index < -0.39 is 0 Å². The Kier molecular flexibility index (Phi) is 3.45. The van der Waals surface area contributed by atoms with Crippen LogP contribution >= 0.6 is 0 Å². The molecular formula is C13H17NO3. The van der Waals surface area contributed by atoms with Crippen LogP contribution in [0.3, 0.4) is 0 Å². The second kappa shape index (κ2) is 4.85. The lowest BCUT2D eigenvalue weighted by molar-refractivity contribution is -0.120. The highest BCUT2D eigenvalue weighted by molar-refractivity contribution is 5.97. The van der Waals surface area contributed by atoms with Crippen LogP contribution < -0.4 is 10.5 Å². The summed E-state index contributed by atoms with van der Waals surface area (Å²) >= 11 is 0. The van der Waals surface area contributed by atoms with Crippen molar-refractivity contribution in [2.24, 2.45) is 11.1 Å². The summed E-state index contributed by atoms with van der Waals surface area (Å²) in [5.41, 5.74) is 6.04. The van der Waals surface area contributed by atoms with E-state index in [1.165, 1.54) is 0 Å². The number of benzene rings is 1. The molecule has 0 aliphatic carbocycles. The van der Waals surface area contributed by atoms with E-state index in [9.17, 15) is 4.79 Å². The van der Waals surface area contributed by atoms with E-state index in [0.29, 0.717) is 12.2 Å². The zero-order chi connectivity index (χ0) is 12.3. The minimum absolute atomic E-state index is 0.0373. The number of rotatable bonds is 5. The third kappa shape index (κ3) is 2.84. The molecular weight excluding hydrogens is 218 g/mol. The molecule has 17 heavy (non-hydrogen) atoms. The van der Waals surface area contributed by atoms with Gasteiger partial charge in [-0.05, 0) is 24.3 Å². The van der Waals surface area contributed by atoms with Crippen molar-refractivity contribution in [2.45, 2.75) is 6.92 Å². The van der Waals surface area contributed by atoms with Gasteiger partial charge in [0.05, 0.1) is 26.4 Å². The third-order valence-electron chi connectivity index (χ3n) is 2.85. The van der Waals surface area contributed by atoms with Gasteiger partial charge in [0.25, 0.3) is 0 Å². The highest BCUT2D eigenvalue weighted by atomic mass is 16.5. The highest BCUT2D eigenvalue weighted by Crippen LogP contribution is 2.27. The van der Waals surface area contributed by atoms with Crippen molar-refractivity contribution in [2.75, 3.05) is 26.4 Å². The number of carbonyl (C=O) groups is 1. The number of ketones is 1. The Hall–Kier alpha value is -1.39. The van der Waals surface area contributed by atoms with E-state index in [2.05, 4.69) is 6.92 Å². The number of ether oxygens (including phenoxy) is 2. The van der Waals surface area contributed by atoms with E-state index in [1.54, 1.807) is 24.3 Å². The van der Waals surface area contributed by atoms with Gasteiger partial charge in [-0.2, -0.15) is 0 Å². The molecule has 0 bridgehead atoms. The summed E-state index contributed by atoms with van der Waals surface area (Å²) in [5.74, 6) is 0.711. The Morgan fingerprint density at radius 2 is 2.06 bits per heavy atom. The summed E-state index contributed by atoms with van der Waals surface area (Å²) in [4.78, 5) is 11.3. The van der Waals surface area contributed by atoms with Crippen LogP contribution in [0.25, 0.3) is 0 Å². The molecule has 1 aliphatic rings. The second-order valence-electron chi connectivity index (χ2n) is 4.74. The summed E-state index contributed by atoms with van der Waals surface area (Å²) in [6, 6.07) is 7.08. The first-order chi connectivity index (χ1) is 8.13. The number of Topliss-reactive ketones (excluding diaryl/α,β-unsaturated/α-hetero) is 1. The Balaban J connectivity index is 1.91. The van der Waals surface area contributed by atoms with Gasteiger partial charge in [-0.3, -0.25) is 4.79 Å².